The van der Waals surface area contributed by atoms with Gasteiger partial charge < -0.3 is 19.9 Å². The second kappa shape index (κ2) is 8.94. The van der Waals surface area contributed by atoms with E-state index in [4.69, 9.17) is 19.9 Å². The van der Waals surface area contributed by atoms with Crippen LogP contribution in [0.2, 0.25) is 0 Å². The van der Waals surface area contributed by atoms with Crippen LogP contribution >= 0.6 is 0 Å². The number of ether oxygens (including phenoxy) is 3. The second-order valence-electron chi connectivity index (χ2n) is 4.37. The van der Waals surface area contributed by atoms with Crippen LogP contribution in [0.15, 0.2) is 18.2 Å². The lowest BCUT2D eigenvalue weighted by molar-refractivity contribution is 0.200. The van der Waals surface area contributed by atoms with Crippen LogP contribution in [0.25, 0.3) is 0 Å². The third kappa shape index (κ3) is 5.11. The van der Waals surface area contributed by atoms with E-state index in [9.17, 15) is 4.21 Å². The molecule has 2 atom stereocenters. The number of nitrogens with two attached hydrogens (primary N) is 1. The van der Waals surface area contributed by atoms with Gasteiger partial charge in [-0.25, -0.2) is 0 Å². The lowest BCUT2D eigenvalue weighted by Crippen LogP contribution is -2.20. The second-order valence-corrected chi connectivity index (χ2v) is 5.99. The maximum Gasteiger partial charge on any atom is 0.123 e. The minimum atomic E-state index is -0.972. The van der Waals surface area contributed by atoms with E-state index in [0.717, 1.165) is 12.0 Å². The molecule has 0 aromatic heterocycles. The number of hydrogen-bond acceptors (Lipinski definition) is 5. The highest BCUT2D eigenvalue weighted by Gasteiger charge is 2.16. The molecule has 114 valence electrons. The molecule has 0 bridgehead atoms. The lowest BCUT2D eigenvalue weighted by Gasteiger charge is -2.16. The molecule has 20 heavy (non-hydrogen) atoms. The van der Waals surface area contributed by atoms with Gasteiger partial charge in [-0.05, 0) is 24.6 Å². The molecule has 2 N–H and O–H groups in total. The molecule has 0 heterocycles. The summed E-state index contributed by atoms with van der Waals surface area (Å²) in [5.74, 6) is 2.38. The first-order valence-electron chi connectivity index (χ1n) is 6.43. The van der Waals surface area contributed by atoms with Gasteiger partial charge in [-0.1, -0.05) is 0 Å². The van der Waals surface area contributed by atoms with Crippen LogP contribution in [-0.4, -0.2) is 43.7 Å². The summed E-state index contributed by atoms with van der Waals surface area (Å²) < 4.78 is 27.4. The molecule has 0 saturated heterocycles. The Bertz CT molecular complexity index is 439. The van der Waals surface area contributed by atoms with Gasteiger partial charge in [0.2, 0.25) is 0 Å². The fourth-order valence-electron chi connectivity index (χ4n) is 1.87. The Morgan fingerprint density at radius 2 is 2.00 bits per heavy atom. The van der Waals surface area contributed by atoms with Crippen molar-refractivity contribution < 1.29 is 18.4 Å². The number of hydrogen-bond donors (Lipinski definition) is 1. The van der Waals surface area contributed by atoms with E-state index in [2.05, 4.69) is 0 Å². The van der Waals surface area contributed by atoms with Crippen LogP contribution in [0, 0.1) is 0 Å². The molecule has 0 radical (unpaired) electrons. The average Bonchev–Trinajstić information content (AvgIpc) is 2.46. The minimum absolute atomic E-state index is 0.344. The SMILES string of the molecule is COCCCS(=O)CC(N)c1cc(OC)ccc1OC. The quantitative estimate of drug-likeness (QED) is 0.700. The Morgan fingerprint density at radius 1 is 1.25 bits per heavy atom. The molecule has 1 aromatic rings. The normalized spacial score (nSPS) is 13.8. The van der Waals surface area contributed by atoms with Gasteiger partial charge in [0.1, 0.15) is 11.5 Å². The zero-order valence-corrected chi connectivity index (χ0v) is 13.1. The molecule has 1 aromatic carbocycles. The van der Waals surface area contributed by atoms with E-state index in [1.807, 2.05) is 18.2 Å². The minimum Gasteiger partial charge on any atom is -0.497 e. The van der Waals surface area contributed by atoms with Crippen LogP contribution < -0.4 is 15.2 Å². The predicted molar refractivity (Wildman–Crippen MR) is 80.8 cm³/mol. The van der Waals surface area contributed by atoms with Gasteiger partial charge in [0.05, 0.1) is 14.2 Å². The van der Waals surface area contributed by atoms with Gasteiger partial charge >= 0.3 is 0 Å². The van der Waals surface area contributed by atoms with Gasteiger partial charge in [-0.2, -0.15) is 0 Å². The lowest BCUT2D eigenvalue weighted by atomic mass is 10.1. The van der Waals surface area contributed by atoms with Gasteiger partial charge in [-0.15, -0.1) is 0 Å². The van der Waals surface area contributed by atoms with Crippen LogP contribution in [0.5, 0.6) is 11.5 Å². The predicted octanol–water partition coefficient (Wildman–Crippen LogP) is 1.49. The third-order valence-corrected chi connectivity index (χ3v) is 4.40. The topological polar surface area (TPSA) is 70.8 Å². The monoisotopic (exact) mass is 301 g/mol. The summed E-state index contributed by atoms with van der Waals surface area (Å²) in [7, 11) is 3.85. The molecular formula is C14H23NO4S. The van der Waals surface area contributed by atoms with Crippen molar-refractivity contribution in [1.82, 2.24) is 0 Å². The van der Waals surface area contributed by atoms with E-state index >= 15 is 0 Å². The van der Waals surface area contributed by atoms with Gasteiger partial charge in [-0.3, -0.25) is 4.21 Å². The van der Waals surface area contributed by atoms with Crippen LogP contribution in [0.4, 0.5) is 0 Å². The van der Waals surface area contributed by atoms with Crippen LogP contribution in [0.1, 0.15) is 18.0 Å². The molecule has 0 amide bonds. The van der Waals surface area contributed by atoms with Crippen molar-refractivity contribution in [3.63, 3.8) is 0 Å². The molecule has 6 heteroatoms. The van der Waals surface area contributed by atoms with Crippen LogP contribution in [-0.2, 0) is 15.5 Å². The van der Waals surface area contributed by atoms with E-state index in [-0.39, 0.29) is 6.04 Å². The number of rotatable bonds is 9. The van der Waals surface area contributed by atoms with E-state index in [1.54, 1.807) is 21.3 Å². The highest BCUT2D eigenvalue weighted by Crippen LogP contribution is 2.28. The van der Waals surface area contributed by atoms with E-state index in [0.29, 0.717) is 29.6 Å². The Kier molecular flexibility index (Phi) is 7.58. The number of benzene rings is 1. The first kappa shape index (κ1) is 16.9. The summed E-state index contributed by atoms with van der Waals surface area (Å²) in [6, 6.07) is 5.10. The Labute approximate surface area is 122 Å². The zero-order chi connectivity index (χ0) is 15.0. The largest absolute Gasteiger partial charge is 0.497 e. The Morgan fingerprint density at radius 3 is 2.60 bits per heavy atom. The molecule has 1 rings (SSSR count). The summed E-state index contributed by atoms with van der Waals surface area (Å²) in [6.45, 7) is 0.615. The molecule has 0 aliphatic rings. The van der Waals surface area contributed by atoms with Crippen molar-refractivity contribution in [1.29, 1.82) is 0 Å². The Balaban J connectivity index is 2.70. The highest BCUT2D eigenvalue weighted by atomic mass is 32.2. The summed E-state index contributed by atoms with van der Waals surface area (Å²) in [6.07, 6.45) is 0.769. The highest BCUT2D eigenvalue weighted by molar-refractivity contribution is 7.85. The van der Waals surface area contributed by atoms with Gasteiger partial charge in [0.15, 0.2) is 0 Å². The molecule has 0 saturated carbocycles. The standard InChI is InChI=1S/C14H23NO4S/c1-17-7-4-8-20(16)10-13(15)12-9-11(18-2)5-6-14(12)19-3/h5-6,9,13H,4,7-8,10,15H2,1-3H3. The maximum atomic E-state index is 12.0. The van der Waals surface area contributed by atoms with Crippen molar-refractivity contribution in [3.8, 4) is 11.5 Å². The van der Waals surface area contributed by atoms with Crippen molar-refractivity contribution in [2.45, 2.75) is 12.5 Å². The van der Waals surface area contributed by atoms with Crippen molar-refractivity contribution in [2.24, 2.45) is 5.73 Å². The molecule has 0 aliphatic carbocycles. The summed E-state index contributed by atoms with van der Waals surface area (Å²) in [5.41, 5.74) is 6.95. The first-order chi connectivity index (χ1) is 9.62. The summed E-state index contributed by atoms with van der Waals surface area (Å²) >= 11 is 0. The fourth-order valence-corrected chi connectivity index (χ4v) is 3.05. The molecule has 0 spiro atoms. The van der Waals surface area contributed by atoms with Crippen molar-refractivity contribution in [2.75, 3.05) is 39.4 Å². The fraction of sp³-hybridized carbons (Fsp3) is 0.571. The van der Waals surface area contributed by atoms with Gasteiger partial charge in [0, 0.05) is 47.6 Å². The Hall–Kier alpha value is -1.11. The average molecular weight is 301 g/mol. The summed E-state index contributed by atoms with van der Waals surface area (Å²) in [4.78, 5) is 0. The van der Waals surface area contributed by atoms with Crippen molar-refractivity contribution in [3.05, 3.63) is 23.8 Å². The molecule has 0 aliphatic heterocycles. The van der Waals surface area contributed by atoms with Crippen molar-refractivity contribution >= 4 is 10.8 Å². The molecule has 5 nitrogen and oxygen atoms in total. The maximum absolute atomic E-state index is 12.0. The summed E-state index contributed by atoms with van der Waals surface area (Å²) in [5, 5.41) is 0. The zero-order valence-electron chi connectivity index (χ0n) is 12.3. The molecular weight excluding hydrogens is 278 g/mol. The smallest absolute Gasteiger partial charge is 0.123 e. The first-order valence-corrected chi connectivity index (χ1v) is 7.92. The molecule has 2 unspecified atom stereocenters. The van der Waals surface area contributed by atoms with Crippen LogP contribution in [0.3, 0.4) is 0 Å². The third-order valence-electron chi connectivity index (χ3n) is 2.92. The van der Waals surface area contributed by atoms with Gasteiger partial charge in [0.25, 0.3) is 0 Å². The van der Waals surface area contributed by atoms with E-state index < -0.39 is 10.8 Å². The van der Waals surface area contributed by atoms with E-state index in [1.165, 1.54) is 0 Å². The molecule has 0 fully saturated rings. The number of methoxy groups -OCH3 is 3.